The van der Waals surface area contributed by atoms with E-state index >= 15 is 0 Å². The van der Waals surface area contributed by atoms with Gasteiger partial charge in [0.15, 0.2) is 0 Å². The Kier molecular flexibility index (Phi) is 4.88. The maximum absolute atomic E-state index is 11.4. The molecule has 3 heteroatoms. The Labute approximate surface area is 161 Å². The highest BCUT2D eigenvalue weighted by molar-refractivity contribution is 5.85. The molecular weight excluding hydrogens is 334 g/mol. The predicted octanol–water partition coefficient (Wildman–Crippen LogP) is 4.50. The van der Waals surface area contributed by atoms with Gasteiger partial charge in [-0.25, -0.2) is 0 Å². The minimum Gasteiger partial charge on any atom is -0.482 e. The molecule has 4 rings (SSSR count). The highest BCUT2D eigenvalue weighted by atomic mass is 16.5. The van der Waals surface area contributed by atoms with Gasteiger partial charge in [-0.3, -0.25) is 0 Å². The molecule has 0 aromatic heterocycles. The van der Waals surface area contributed by atoms with Gasteiger partial charge in [-0.2, -0.15) is 0 Å². The van der Waals surface area contributed by atoms with E-state index in [0.717, 1.165) is 43.7 Å². The Morgan fingerprint density at radius 1 is 1.11 bits per heavy atom. The zero-order valence-electron chi connectivity index (χ0n) is 16.2. The van der Waals surface area contributed by atoms with Gasteiger partial charge < -0.3 is 14.4 Å². The Balaban J connectivity index is 1.73. The van der Waals surface area contributed by atoms with Gasteiger partial charge in [0.2, 0.25) is 0 Å². The van der Waals surface area contributed by atoms with Crippen molar-refractivity contribution in [3.63, 3.8) is 0 Å². The number of carbonyl (C=O) groups is 1. The molecule has 0 amide bonds. The van der Waals surface area contributed by atoms with Crippen molar-refractivity contribution < 1.29 is 9.53 Å². The second-order valence-electron chi connectivity index (χ2n) is 7.93. The van der Waals surface area contributed by atoms with Crippen LogP contribution in [0.5, 0.6) is 5.75 Å². The van der Waals surface area contributed by atoms with E-state index < -0.39 is 0 Å². The number of fused-ring (bicyclic) bond motifs is 1. The van der Waals surface area contributed by atoms with Crippen LogP contribution in [0.25, 0.3) is 5.57 Å². The van der Waals surface area contributed by atoms with Crippen molar-refractivity contribution in [2.75, 3.05) is 20.1 Å². The molecule has 2 aromatic rings. The van der Waals surface area contributed by atoms with E-state index in [2.05, 4.69) is 60.5 Å². The molecular formula is C24H27NO2. The SMILES string of the molecule is CC(=O)CCc1cccc(C2=CC3(CCN(C)CC3)Oc3ccccc32)c1. The topological polar surface area (TPSA) is 29.5 Å². The van der Waals surface area contributed by atoms with Gasteiger partial charge in [0.1, 0.15) is 17.1 Å². The quantitative estimate of drug-likeness (QED) is 0.803. The normalized spacial score (nSPS) is 18.5. The Hall–Kier alpha value is -2.39. The number of carbonyl (C=O) groups excluding carboxylic acids is 1. The first-order valence-electron chi connectivity index (χ1n) is 9.83. The number of aryl methyl sites for hydroxylation is 1. The molecule has 27 heavy (non-hydrogen) atoms. The largest absolute Gasteiger partial charge is 0.482 e. The Morgan fingerprint density at radius 3 is 2.67 bits per heavy atom. The second-order valence-corrected chi connectivity index (χ2v) is 7.93. The van der Waals surface area contributed by atoms with E-state index in [4.69, 9.17) is 4.74 Å². The van der Waals surface area contributed by atoms with Gasteiger partial charge in [0, 0.05) is 37.9 Å². The summed E-state index contributed by atoms with van der Waals surface area (Å²) in [6.45, 7) is 3.75. The zero-order chi connectivity index (χ0) is 18.9. The zero-order valence-corrected chi connectivity index (χ0v) is 16.2. The van der Waals surface area contributed by atoms with Gasteiger partial charge in [0.25, 0.3) is 0 Å². The first-order valence-corrected chi connectivity index (χ1v) is 9.83. The number of rotatable bonds is 4. The van der Waals surface area contributed by atoms with Crippen LogP contribution in [0.1, 0.15) is 42.9 Å². The van der Waals surface area contributed by atoms with Crippen molar-refractivity contribution in [2.24, 2.45) is 0 Å². The van der Waals surface area contributed by atoms with Crippen LogP contribution in [-0.2, 0) is 11.2 Å². The second kappa shape index (κ2) is 7.32. The molecule has 140 valence electrons. The highest BCUT2D eigenvalue weighted by Crippen LogP contribution is 2.43. The van der Waals surface area contributed by atoms with Crippen LogP contribution in [-0.4, -0.2) is 36.4 Å². The first-order chi connectivity index (χ1) is 13.0. The lowest BCUT2D eigenvalue weighted by Crippen LogP contribution is -2.46. The molecule has 1 spiro atoms. The van der Waals surface area contributed by atoms with Crippen molar-refractivity contribution in [3.05, 3.63) is 71.3 Å². The summed E-state index contributed by atoms with van der Waals surface area (Å²) in [5, 5.41) is 0. The fourth-order valence-electron chi connectivity index (χ4n) is 4.06. The first kappa shape index (κ1) is 18.0. The standard InChI is InChI=1S/C24H27NO2/c1-18(26)10-11-19-6-5-7-20(16-19)22-17-24(12-14-25(2)15-13-24)27-23-9-4-3-8-21(22)23/h3-9,16-17H,10-15H2,1-2H3. The molecule has 0 atom stereocenters. The summed E-state index contributed by atoms with van der Waals surface area (Å²) < 4.78 is 6.52. The molecule has 0 radical (unpaired) electrons. The number of hydrogen-bond acceptors (Lipinski definition) is 3. The van der Waals surface area contributed by atoms with E-state index in [1.165, 1.54) is 16.7 Å². The van der Waals surface area contributed by atoms with Crippen LogP contribution >= 0.6 is 0 Å². The summed E-state index contributed by atoms with van der Waals surface area (Å²) in [6.07, 6.45) is 5.76. The van der Waals surface area contributed by atoms with E-state index in [-0.39, 0.29) is 11.4 Å². The highest BCUT2D eigenvalue weighted by Gasteiger charge is 2.38. The summed E-state index contributed by atoms with van der Waals surface area (Å²) >= 11 is 0. The van der Waals surface area contributed by atoms with Crippen molar-refractivity contribution in [1.29, 1.82) is 0 Å². The lowest BCUT2D eigenvalue weighted by Gasteiger charge is -2.42. The molecule has 0 saturated carbocycles. The average Bonchev–Trinajstić information content (AvgIpc) is 2.68. The Morgan fingerprint density at radius 2 is 1.89 bits per heavy atom. The molecule has 2 heterocycles. The third kappa shape index (κ3) is 3.84. The van der Waals surface area contributed by atoms with E-state index in [1.807, 2.05) is 6.07 Å². The summed E-state index contributed by atoms with van der Waals surface area (Å²) in [4.78, 5) is 13.7. The van der Waals surface area contributed by atoms with Crippen LogP contribution in [0.4, 0.5) is 0 Å². The van der Waals surface area contributed by atoms with Crippen LogP contribution in [0, 0.1) is 0 Å². The number of piperidine rings is 1. The number of para-hydroxylation sites is 1. The lowest BCUT2D eigenvalue weighted by atomic mass is 9.82. The molecule has 2 aliphatic rings. The van der Waals surface area contributed by atoms with E-state index in [1.54, 1.807) is 6.92 Å². The van der Waals surface area contributed by atoms with Gasteiger partial charge >= 0.3 is 0 Å². The monoisotopic (exact) mass is 361 g/mol. The van der Waals surface area contributed by atoms with Gasteiger partial charge in [-0.1, -0.05) is 42.5 Å². The fraction of sp³-hybridized carbons (Fsp3) is 0.375. The maximum atomic E-state index is 11.4. The molecule has 3 nitrogen and oxygen atoms in total. The molecule has 0 N–H and O–H groups in total. The smallest absolute Gasteiger partial charge is 0.130 e. The van der Waals surface area contributed by atoms with Gasteiger partial charge in [-0.05, 0) is 49.2 Å². The van der Waals surface area contributed by atoms with Gasteiger partial charge in [-0.15, -0.1) is 0 Å². The molecule has 1 fully saturated rings. The number of Topliss-reactive ketones (excluding diaryl/α,β-unsaturated/α-hetero) is 1. The van der Waals surface area contributed by atoms with Crippen molar-refractivity contribution in [2.45, 2.75) is 38.2 Å². The molecule has 1 saturated heterocycles. The van der Waals surface area contributed by atoms with Crippen molar-refractivity contribution in [1.82, 2.24) is 4.90 Å². The lowest BCUT2D eigenvalue weighted by molar-refractivity contribution is -0.116. The summed E-state index contributed by atoms with van der Waals surface area (Å²) in [5.41, 5.74) is 4.62. The number of ether oxygens (including phenoxy) is 1. The van der Waals surface area contributed by atoms with Crippen LogP contribution in [0.2, 0.25) is 0 Å². The predicted molar refractivity (Wildman–Crippen MR) is 109 cm³/mol. The summed E-state index contributed by atoms with van der Waals surface area (Å²) in [6, 6.07) is 17.0. The number of ketones is 1. The number of hydrogen-bond donors (Lipinski definition) is 0. The van der Waals surface area contributed by atoms with Crippen molar-refractivity contribution in [3.8, 4) is 5.75 Å². The van der Waals surface area contributed by atoms with Gasteiger partial charge in [0.05, 0.1) is 0 Å². The van der Waals surface area contributed by atoms with Crippen LogP contribution < -0.4 is 4.74 Å². The summed E-state index contributed by atoms with van der Waals surface area (Å²) in [7, 11) is 2.17. The average molecular weight is 361 g/mol. The van der Waals surface area contributed by atoms with Crippen LogP contribution in [0.15, 0.2) is 54.6 Å². The minimum atomic E-state index is -0.217. The molecule has 0 bridgehead atoms. The minimum absolute atomic E-state index is 0.217. The molecule has 0 unspecified atom stereocenters. The molecule has 2 aliphatic heterocycles. The Bertz CT molecular complexity index is 875. The van der Waals surface area contributed by atoms with E-state index in [9.17, 15) is 4.79 Å². The van der Waals surface area contributed by atoms with Crippen molar-refractivity contribution >= 4 is 11.4 Å². The summed E-state index contributed by atoms with van der Waals surface area (Å²) in [5.74, 6) is 1.22. The van der Waals surface area contributed by atoms with E-state index in [0.29, 0.717) is 6.42 Å². The third-order valence-electron chi connectivity index (χ3n) is 5.73. The number of nitrogens with zero attached hydrogens (tertiary/aromatic N) is 1. The fourth-order valence-corrected chi connectivity index (χ4v) is 4.06. The van der Waals surface area contributed by atoms with Crippen LogP contribution in [0.3, 0.4) is 0 Å². The molecule has 0 aliphatic carbocycles. The maximum Gasteiger partial charge on any atom is 0.130 e. The number of benzene rings is 2. The molecule has 2 aromatic carbocycles. The third-order valence-corrected chi connectivity index (χ3v) is 5.73. The number of likely N-dealkylation sites (tertiary alicyclic amines) is 1.